The molecule has 7 nitrogen and oxygen atoms in total. The molecule has 0 unspecified atom stereocenters. The first-order valence-electron chi connectivity index (χ1n) is 6.62. The van der Waals surface area contributed by atoms with Gasteiger partial charge in [-0.3, -0.25) is 14.9 Å². The summed E-state index contributed by atoms with van der Waals surface area (Å²) in [4.78, 5) is 22.1. The van der Waals surface area contributed by atoms with Crippen molar-refractivity contribution in [2.75, 3.05) is 13.7 Å². The Bertz CT molecular complexity index is 516. The first kappa shape index (κ1) is 16.7. The summed E-state index contributed by atoms with van der Waals surface area (Å²) >= 11 is 0. The van der Waals surface area contributed by atoms with Crippen molar-refractivity contribution in [1.82, 2.24) is 5.32 Å². The van der Waals surface area contributed by atoms with Crippen LogP contribution in [0.2, 0.25) is 0 Å². The quantitative estimate of drug-likeness (QED) is 0.615. The Morgan fingerprint density at radius 3 is 2.52 bits per heavy atom. The molecular formula is C14H20N2O5. The van der Waals surface area contributed by atoms with Gasteiger partial charge in [0.2, 0.25) is 0 Å². The van der Waals surface area contributed by atoms with Crippen LogP contribution in [0.5, 0.6) is 11.5 Å². The minimum Gasteiger partial charge on any atom is -0.493 e. The number of nitro groups is 1. The monoisotopic (exact) mass is 296 g/mol. The molecule has 1 N–H and O–H groups in total. The summed E-state index contributed by atoms with van der Waals surface area (Å²) in [5.41, 5.74) is -0.124. The number of nitro benzene ring substituents is 1. The Morgan fingerprint density at radius 2 is 2.00 bits per heavy atom. The van der Waals surface area contributed by atoms with Crippen molar-refractivity contribution in [3.05, 3.63) is 28.3 Å². The van der Waals surface area contributed by atoms with Gasteiger partial charge in [-0.05, 0) is 18.9 Å². The standard InChI is InChI=1S/C14H20N2O5/c1-9(2)8-15-14(17)10(3)21-13-7-11(16(18)19)5-6-12(13)20-4/h5-7,9-10H,8H2,1-4H3,(H,15,17)/t10-/m1/s1. The third-order valence-corrected chi connectivity index (χ3v) is 2.72. The molecule has 0 radical (unpaired) electrons. The van der Waals surface area contributed by atoms with Gasteiger partial charge in [0.25, 0.3) is 11.6 Å². The molecule has 0 aliphatic carbocycles. The van der Waals surface area contributed by atoms with Gasteiger partial charge in [-0.2, -0.15) is 0 Å². The maximum absolute atomic E-state index is 11.9. The molecule has 1 atom stereocenters. The van der Waals surface area contributed by atoms with Crippen LogP contribution in [0.1, 0.15) is 20.8 Å². The number of nitrogens with one attached hydrogen (secondary N) is 1. The van der Waals surface area contributed by atoms with Crippen LogP contribution < -0.4 is 14.8 Å². The van der Waals surface area contributed by atoms with E-state index in [1.165, 1.54) is 25.3 Å². The lowest BCUT2D eigenvalue weighted by Crippen LogP contribution is -2.38. The van der Waals surface area contributed by atoms with E-state index in [0.29, 0.717) is 18.2 Å². The largest absolute Gasteiger partial charge is 0.493 e. The van der Waals surface area contributed by atoms with Crippen LogP contribution in [0.25, 0.3) is 0 Å². The SMILES string of the molecule is COc1ccc([N+](=O)[O-])cc1O[C@H](C)C(=O)NCC(C)C. The average Bonchev–Trinajstić information content (AvgIpc) is 2.44. The summed E-state index contributed by atoms with van der Waals surface area (Å²) in [5.74, 6) is 0.550. The van der Waals surface area contributed by atoms with E-state index < -0.39 is 11.0 Å². The van der Waals surface area contributed by atoms with E-state index >= 15 is 0 Å². The maximum Gasteiger partial charge on any atom is 0.273 e. The molecule has 1 rings (SSSR count). The molecule has 0 heterocycles. The molecule has 0 aromatic heterocycles. The van der Waals surface area contributed by atoms with E-state index in [9.17, 15) is 14.9 Å². The van der Waals surface area contributed by atoms with Crippen molar-refractivity contribution in [3.8, 4) is 11.5 Å². The van der Waals surface area contributed by atoms with Crippen LogP contribution in [0.3, 0.4) is 0 Å². The van der Waals surface area contributed by atoms with Crippen molar-refractivity contribution < 1.29 is 19.2 Å². The molecule has 0 bridgehead atoms. The first-order valence-corrected chi connectivity index (χ1v) is 6.62. The lowest BCUT2D eigenvalue weighted by Gasteiger charge is -2.17. The zero-order valence-corrected chi connectivity index (χ0v) is 12.6. The fraction of sp³-hybridized carbons (Fsp3) is 0.500. The van der Waals surface area contributed by atoms with Gasteiger partial charge in [0, 0.05) is 12.6 Å². The zero-order chi connectivity index (χ0) is 16.0. The number of carbonyl (C=O) groups is 1. The maximum atomic E-state index is 11.9. The van der Waals surface area contributed by atoms with Crippen molar-refractivity contribution in [1.29, 1.82) is 0 Å². The van der Waals surface area contributed by atoms with Crippen LogP contribution in [0.15, 0.2) is 18.2 Å². The predicted octanol–water partition coefficient (Wildman–Crippen LogP) is 2.14. The molecular weight excluding hydrogens is 276 g/mol. The van der Waals surface area contributed by atoms with E-state index in [0.717, 1.165) is 0 Å². The summed E-state index contributed by atoms with van der Waals surface area (Å²) in [5, 5.41) is 13.5. The number of nitrogens with zero attached hydrogens (tertiary/aromatic N) is 1. The van der Waals surface area contributed by atoms with Gasteiger partial charge in [-0.15, -0.1) is 0 Å². The van der Waals surface area contributed by atoms with E-state index in [-0.39, 0.29) is 17.3 Å². The Labute approximate surface area is 123 Å². The van der Waals surface area contributed by atoms with Crippen molar-refractivity contribution >= 4 is 11.6 Å². The van der Waals surface area contributed by atoms with Crippen LogP contribution >= 0.6 is 0 Å². The smallest absolute Gasteiger partial charge is 0.273 e. The van der Waals surface area contributed by atoms with Gasteiger partial charge in [0.15, 0.2) is 17.6 Å². The third-order valence-electron chi connectivity index (χ3n) is 2.72. The zero-order valence-electron chi connectivity index (χ0n) is 12.6. The predicted molar refractivity (Wildman–Crippen MR) is 77.6 cm³/mol. The molecule has 0 saturated carbocycles. The molecule has 0 aliphatic rings. The molecule has 21 heavy (non-hydrogen) atoms. The lowest BCUT2D eigenvalue weighted by molar-refractivity contribution is -0.385. The molecule has 1 aromatic carbocycles. The molecule has 1 amide bonds. The summed E-state index contributed by atoms with van der Waals surface area (Å²) in [6.07, 6.45) is -0.778. The molecule has 1 aromatic rings. The van der Waals surface area contributed by atoms with Crippen LogP contribution in [-0.2, 0) is 4.79 Å². The van der Waals surface area contributed by atoms with E-state index in [2.05, 4.69) is 5.32 Å². The fourth-order valence-corrected chi connectivity index (χ4v) is 1.56. The van der Waals surface area contributed by atoms with Crippen molar-refractivity contribution in [3.63, 3.8) is 0 Å². The van der Waals surface area contributed by atoms with Crippen molar-refractivity contribution in [2.45, 2.75) is 26.9 Å². The number of hydrogen-bond acceptors (Lipinski definition) is 5. The van der Waals surface area contributed by atoms with Crippen LogP contribution in [0.4, 0.5) is 5.69 Å². The van der Waals surface area contributed by atoms with Gasteiger partial charge < -0.3 is 14.8 Å². The molecule has 0 spiro atoms. The number of non-ortho nitro benzene ring substituents is 1. The number of amides is 1. The third kappa shape index (κ3) is 4.94. The first-order chi connectivity index (χ1) is 9.85. The molecule has 0 saturated heterocycles. The van der Waals surface area contributed by atoms with Gasteiger partial charge in [-0.1, -0.05) is 13.8 Å². The summed E-state index contributed by atoms with van der Waals surface area (Å²) in [6.45, 7) is 6.08. The summed E-state index contributed by atoms with van der Waals surface area (Å²) in [6, 6.07) is 3.99. The topological polar surface area (TPSA) is 90.7 Å². The lowest BCUT2D eigenvalue weighted by atomic mass is 10.2. The van der Waals surface area contributed by atoms with E-state index in [1.807, 2.05) is 13.8 Å². The normalized spacial score (nSPS) is 11.9. The number of carbonyl (C=O) groups excluding carboxylic acids is 1. The van der Waals surface area contributed by atoms with Crippen molar-refractivity contribution in [2.24, 2.45) is 5.92 Å². The van der Waals surface area contributed by atoms with E-state index in [1.54, 1.807) is 6.92 Å². The van der Waals surface area contributed by atoms with Gasteiger partial charge in [0.1, 0.15) is 0 Å². The highest BCUT2D eigenvalue weighted by molar-refractivity contribution is 5.80. The van der Waals surface area contributed by atoms with E-state index in [4.69, 9.17) is 9.47 Å². The minimum absolute atomic E-state index is 0.124. The Hall–Kier alpha value is -2.31. The number of hydrogen-bond donors (Lipinski definition) is 1. The summed E-state index contributed by atoms with van der Waals surface area (Å²) < 4.78 is 10.6. The Balaban J connectivity index is 2.82. The van der Waals surface area contributed by atoms with Gasteiger partial charge in [-0.25, -0.2) is 0 Å². The molecule has 116 valence electrons. The highest BCUT2D eigenvalue weighted by Crippen LogP contribution is 2.31. The fourth-order valence-electron chi connectivity index (χ4n) is 1.56. The Kier molecular flexibility index (Phi) is 5.95. The second kappa shape index (κ2) is 7.47. The van der Waals surface area contributed by atoms with Crippen LogP contribution in [0, 0.1) is 16.0 Å². The number of methoxy groups -OCH3 is 1. The molecule has 0 fully saturated rings. The number of benzene rings is 1. The summed E-state index contributed by atoms with van der Waals surface area (Å²) in [7, 11) is 1.43. The Morgan fingerprint density at radius 1 is 1.33 bits per heavy atom. The highest BCUT2D eigenvalue weighted by Gasteiger charge is 2.19. The second-order valence-electron chi connectivity index (χ2n) is 4.99. The number of rotatable bonds is 7. The molecule has 0 aliphatic heterocycles. The highest BCUT2D eigenvalue weighted by atomic mass is 16.6. The molecule has 7 heteroatoms. The van der Waals surface area contributed by atoms with Gasteiger partial charge in [0.05, 0.1) is 18.1 Å². The minimum atomic E-state index is -0.778. The van der Waals surface area contributed by atoms with Gasteiger partial charge >= 0.3 is 0 Å². The second-order valence-corrected chi connectivity index (χ2v) is 4.99. The number of ether oxygens (including phenoxy) is 2. The average molecular weight is 296 g/mol. The van der Waals surface area contributed by atoms with Crippen LogP contribution in [-0.4, -0.2) is 30.6 Å².